The third kappa shape index (κ3) is 2.14. The van der Waals surface area contributed by atoms with Crippen molar-refractivity contribution in [3.63, 3.8) is 0 Å². The Bertz CT molecular complexity index is 525. The molecule has 2 unspecified atom stereocenters. The van der Waals surface area contributed by atoms with Gasteiger partial charge in [-0.3, -0.25) is 4.79 Å². The highest BCUT2D eigenvalue weighted by molar-refractivity contribution is 5.95. The van der Waals surface area contributed by atoms with Gasteiger partial charge in [-0.15, -0.1) is 0 Å². The lowest BCUT2D eigenvalue weighted by atomic mass is 9.73. The fourth-order valence-corrected chi connectivity index (χ4v) is 2.59. The Morgan fingerprint density at radius 2 is 2.06 bits per heavy atom. The summed E-state index contributed by atoms with van der Waals surface area (Å²) in [6.07, 6.45) is 1.01. The summed E-state index contributed by atoms with van der Waals surface area (Å²) in [4.78, 5) is 11.7. The van der Waals surface area contributed by atoms with E-state index >= 15 is 0 Å². The molecule has 0 aromatic heterocycles. The van der Waals surface area contributed by atoms with Gasteiger partial charge in [0.1, 0.15) is 0 Å². The SMILES string of the molecule is CC(=O)C1=C(O)CCC(C#N)C1c1ccccc1. The minimum absolute atomic E-state index is 0.142. The summed E-state index contributed by atoms with van der Waals surface area (Å²) in [5, 5.41) is 19.2. The summed E-state index contributed by atoms with van der Waals surface area (Å²) in [6, 6.07) is 11.7. The van der Waals surface area contributed by atoms with Gasteiger partial charge in [-0.25, -0.2) is 0 Å². The van der Waals surface area contributed by atoms with Crippen LogP contribution in [-0.4, -0.2) is 10.9 Å². The van der Waals surface area contributed by atoms with Crippen LogP contribution in [0.4, 0.5) is 0 Å². The van der Waals surface area contributed by atoms with Crippen molar-refractivity contribution in [1.29, 1.82) is 5.26 Å². The third-order valence-corrected chi connectivity index (χ3v) is 3.42. The van der Waals surface area contributed by atoms with E-state index in [-0.39, 0.29) is 23.4 Å². The van der Waals surface area contributed by atoms with E-state index in [0.717, 1.165) is 5.56 Å². The van der Waals surface area contributed by atoms with Gasteiger partial charge < -0.3 is 5.11 Å². The molecular formula is C15H15NO2. The van der Waals surface area contributed by atoms with Crippen LogP contribution in [0.15, 0.2) is 41.7 Å². The second-order valence-corrected chi connectivity index (χ2v) is 4.58. The summed E-state index contributed by atoms with van der Waals surface area (Å²) in [5.74, 6) is -0.561. The molecule has 2 rings (SSSR count). The van der Waals surface area contributed by atoms with Gasteiger partial charge in [0.15, 0.2) is 5.78 Å². The number of benzene rings is 1. The minimum Gasteiger partial charge on any atom is -0.512 e. The first-order valence-corrected chi connectivity index (χ1v) is 6.02. The van der Waals surface area contributed by atoms with Crippen LogP contribution in [0.2, 0.25) is 0 Å². The van der Waals surface area contributed by atoms with Gasteiger partial charge in [0.2, 0.25) is 0 Å². The molecule has 0 spiro atoms. The van der Waals surface area contributed by atoms with Gasteiger partial charge in [0.25, 0.3) is 0 Å². The van der Waals surface area contributed by atoms with E-state index in [9.17, 15) is 15.2 Å². The lowest BCUT2D eigenvalue weighted by molar-refractivity contribution is -0.114. The lowest BCUT2D eigenvalue weighted by Crippen LogP contribution is -2.24. The normalized spacial score (nSPS) is 23.6. The number of carbonyl (C=O) groups excluding carboxylic acids is 1. The number of hydrogen-bond donors (Lipinski definition) is 1. The summed E-state index contributed by atoms with van der Waals surface area (Å²) >= 11 is 0. The Labute approximate surface area is 106 Å². The Balaban J connectivity index is 2.53. The van der Waals surface area contributed by atoms with Crippen LogP contribution >= 0.6 is 0 Å². The average Bonchev–Trinajstić information content (AvgIpc) is 2.39. The molecule has 2 atom stereocenters. The highest BCUT2D eigenvalue weighted by Gasteiger charge is 2.35. The summed E-state index contributed by atoms with van der Waals surface area (Å²) in [5.41, 5.74) is 1.32. The largest absolute Gasteiger partial charge is 0.512 e. The summed E-state index contributed by atoms with van der Waals surface area (Å²) in [6.45, 7) is 1.45. The zero-order valence-corrected chi connectivity index (χ0v) is 10.3. The van der Waals surface area contributed by atoms with Crippen LogP contribution in [-0.2, 0) is 4.79 Å². The molecule has 1 aromatic carbocycles. The molecule has 1 aliphatic rings. The number of aliphatic hydroxyl groups excluding tert-OH is 1. The van der Waals surface area contributed by atoms with Crippen molar-refractivity contribution in [1.82, 2.24) is 0 Å². The first-order valence-electron chi connectivity index (χ1n) is 6.02. The van der Waals surface area contributed by atoms with E-state index in [1.54, 1.807) is 0 Å². The fourth-order valence-electron chi connectivity index (χ4n) is 2.59. The highest BCUT2D eigenvalue weighted by Crippen LogP contribution is 2.41. The van der Waals surface area contributed by atoms with Gasteiger partial charge >= 0.3 is 0 Å². The van der Waals surface area contributed by atoms with Crippen LogP contribution in [0, 0.1) is 17.2 Å². The van der Waals surface area contributed by atoms with Gasteiger partial charge in [-0.1, -0.05) is 30.3 Å². The minimum atomic E-state index is -0.303. The predicted molar refractivity (Wildman–Crippen MR) is 67.9 cm³/mol. The molecule has 1 aliphatic carbocycles. The van der Waals surface area contributed by atoms with Gasteiger partial charge in [-0.05, 0) is 18.9 Å². The molecule has 0 fully saturated rings. The van der Waals surface area contributed by atoms with E-state index in [1.807, 2.05) is 30.3 Å². The van der Waals surface area contributed by atoms with Gasteiger partial charge in [0, 0.05) is 17.9 Å². The topological polar surface area (TPSA) is 61.1 Å². The number of allylic oxidation sites excluding steroid dienone is 2. The van der Waals surface area contributed by atoms with Crippen LogP contribution in [0.1, 0.15) is 31.2 Å². The number of aliphatic hydroxyl groups is 1. The number of nitriles is 1. The average molecular weight is 241 g/mol. The lowest BCUT2D eigenvalue weighted by Gasteiger charge is -2.29. The van der Waals surface area contributed by atoms with Crippen LogP contribution in [0.3, 0.4) is 0 Å². The van der Waals surface area contributed by atoms with Crippen molar-refractivity contribution in [2.75, 3.05) is 0 Å². The van der Waals surface area contributed by atoms with Crippen molar-refractivity contribution in [3.8, 4) is 6.07 Å². The molecule has 18 heavy (non-hydrogen) atoms. The standard InChI is InChI=1S/C15H15NO2/c1-10(17)14-13(18)8-7-12(9-16)15(14)11-5-3-2-4-6-11/h2-6,12,15,18H,7-8H2,1H3. The molecule has 0 radical (unpaired) electrons. The number of carbonyl (C=O) groups is 1. The number of nitrogens with zero attached hydrogens (tertiary/aromatic N) is 1. The van der Waals surface area contributed by atoms with E-state index in [4.69, 9.17) is 0 Å². The Kier molecular flexibility index (Phi) is 3.47. The predicted octanol–water partition coefficient (Wildman–Crippen LogP) is 3.10. The molecule has 0 saturated heterocycles. The van der Waals surface area contributed by atoms with E-state index in [0.29, 0.717) is 18.4 Å². The number of rotatable bonds is 2. The molecule has 0 saturated carbocycles. The zero-order chi connectivity index (χ0) is 13.1. The number of hydrogen-bond acceptors (Lipinski definition) is 3. The molecule has 92 valence electrons. The number of ketones is 1. The van der Waals surface area contributed by atoms with Crippen LogP contribution in [0.25, 0.3) is 0 Å². The van der Waals surface area contributed by atoms with Gasteiger partial charge in [0.05, 0.1) is 17.7 Å². The van der Waals surface area contributed by atoms with E-state index in [1.165, 1.54) is 6.92 Å². The maximum atomic E-state index is 11.7. The second-order valence-electron chi connectivity index (χ2n) is 4.58. The monoisotopic (exact) mass is 241 g/mol. The molecule has 3 heteroatoms. The van der Waals surface area contributed by atoms with Crippen molar-refractivity contribution < 1.29 is 9.90 Å². The maximum Gasteiger partial charge on any atom is 0.159 e. The van der Waals surface area contributed by atoms with E-state index in [2.05, 4.69) is 6.07 Å². The Hall–Kier alpha value is -2.08. The smallest absolute Gasteiger partial charge is 0.159 e. The van der Waals surface area contributed by atoms with Gasteiger partial charge in [-0.2, -0.15) is 5.26 Å². The Morgan fingerprint density at radius 1 is 1.39 bits per heavy atom. The molecule has 0 amide bonds. The van der Waals surface area contributed by atoms with Crippen LogP contribution in [0.5, 0.6) is 0 Å². The quantitative estimate of drug-likeness (QED) is 0.865. The first-order chi connectivity index (χ1) is 8.65. The summed E-state index contributed by atoms with van der Waals surface area (Å²) < 4.78 is 0. The third-order valence-electron chi connectivity index (χ3n) is 3.42. The van der Waals surface area contributed by atoms with Crippen molar-refractivity contribution in [2.45, 2.75) is 25.7 Å². The molecule has 1 aromatic rings. The zero-order valence-electron chi connectivity index (χ0n) is 10.3. The first kappa shape index (κ1) is 12.4. The molecule has 3 nitrogen and oxygen atoms in total. The molecule has 0 aliphatic heterocycles. The van der Waals surface area contributed by atoms with Crippen molar-refractivity contribution >= 4 is 5.78 Å². The van der Waals surface area contributed by atoms with Crippen molar-refractivity contribution in [3.05, 3.63) is 47.2 Å². The van der Waals surface area contributed by atoms with E-state index < -0.39 is 0 Å². The second kappa shape index (κ2) is 5.05. The molecular weight excluding hydrogens is 226 g/mol. The Morgan fingerprint density at radius 3 is 2.61 bits per heavy atom. The molecule has 0 bridgehead atoms. The molecule has 1 N–H and O–H groups in total. The highest BCUT2D eigenvalue weighted by atomic mass is 16.3. The van der Waals surface area contributed by atoms with Crippen LogP contribution < -0.4 is 0 Å². The molecule has 0 heterocycles. The maximum absolute atomic E-state index is 11.7. The van der Waals surface area contributed by atoms with Crippen molar-refractivity contribution in [2.24, 2.45) is 5.92 Å². The fraction of sp³-hybridized carbons (Fsp3) is 0.333. The number of Topliss-reactive ketones (excluding diaryl/α,β-unsaturated/α-hetero) is 1. The summed E-state index contributed by atoms with van der Waals surface area (Å²) in [7, 11) is 0.